The van der Waals surface area contributed by atoms with Crippen LogP contribution >= 0.6 is 0 Å². The maximum Gasteiger partial charge on any atom is 0.257 e. The van der Waals surface area contributed by atoms with Gasteiger partial charge in [-0.1, -0.05) is 42.5 Å². The second-order valence-corrected chi connectivity index (χ2v) is 6.54. The zero-order chi connectivity index (χ0) is 19.1. The summed E-state index contributed by atoms with van der Waals surface area (Å²) < 4.78 is 11.7. The maximum atomic E-state index is 13.2. The van der Waals surface area contributed by atoms with Gasteiger partial charge in [-0.05, 0) is 34.2 Å². The number of carbonyl (C=O) groups is 1. The topological polar surface area (TPSA) is 116 Å². The summed E-state index contributed by atoms with van der Waals surface area (Å²) >= 11 is 0. The standard InChI is InChI=1S/C20H15N5O3/c21-20(19-22-24-25-23-19)11-27-16-7-3-6-15(18(16)28-20)17(26)14-9-8-12-4-1-2-5-13(12)10-14/h1-10H,11,21H2,(H,22,23,24,25). The quantitative estimate of drug-likeness (QED) is 0.529. The molecule has 4 aromatic rings. The van der Waals surface area contributed by atoms with Gasteiger partial charge in [0.15, 0.2) is 17.3 Å². The first kappa shape index (κ1) is 16.4. The molecule has 0 bridgehead atoms. The fourth-order valence-corrected chi connectivity index (χ4v) is 3.25. The Morgan fingerprint density at radius 2 is 1.93 bits per heavy atom. The monoisotopic (exact) mass is 373 g/mol. The molecule has 1 atom stereocenters. The average Bonchev–Trinajstić information content (AvgIpc) is 3.28. The second-order valence-electron chi connectivity index (χ2n) is 6.54. The van der Waals surface area contributed by atoms with Crippen LogP contribution in [0.4, 0.5) is 0 Å². The lowest BCUT2D eigenvalue weighted by Crippen LogP contribution is -2.51. The van der Waals surface area contributed by atoms with Crippen molar-refractivity contribution in [3.8, 4) is 11.5 Å². The molecule has 28 heavy (non-hydrogen) atoms. The number of H-pyrrole nitrogens is 1. The third-order valence-electron chi connectivity index (χ3n) is 4.69. The van der Waals surface area contributed by atoms with Gasteiger partial charge in [0.2, 0.25) is 5.82 Å². The maximum absolute atomic E-state index is 13.2. The Morgan fingerprint density at radius 1 is 1.07 bits per heavy atom. The lowest BCUT2D eigenvalue weighted by atomic mass is 9.98. The van der Waals surface area contributed by atoms with Crippen LogP contribution in [0.5, 0.6) is 11.5 Å². The molecule has 8 nitrogen and oxygen atoms in total. The van der Waals surface area contributed by atoms with E-state index in [9.17, 15) is 4.79 Å². The number of fused-ring (bicyclic) bond motifs is 2. The first-order valence-electron chi connectivity index (χ1n) is 8.65. The van der Waals surface area contributed by atoms with E-state index >= 15 is 0 Å². The number of tetrazole rings is 1. The highest BCUT2D eigenvalue weighted by Crippen LogP contribution is 2.40. The van der Waals surface area contributed by atoms with E-state index in [0.717, 1.165) is 10.8 Å². The highest BCUT2D eigenvalue weighted by atomic mass is 16.6. The Kier molecular flexibility index (Phi) is 3.59. The van der Waals surface area contributed by atoms with E-state index in [-0.39, 0.29) is 24.0 Å². The summed E-state index contributed by atoms with van der Waals surface area (Å²) in [5.74, 6) is 0.657. The van der Waals surface area contributed by atoms with Crippen molar-refractivity contribution in [2.24, 2.45) is 5.73 Å². The molecule has 3 aromatic carbocycles. The van der Waals surface area contributed by atoms with Gasteiger partial charge in [0.1, 0.15) is 6.61 Å². The minimum Gasteiger partial charge on any atom is -0.483 e. The van der Waals surface area contributed by atoms with Crippen molar-refractivity contribution in [2.75, 3.05) is 6.61 Å². The number of aromatic nitrogens is 4. The van der Waals surface area contributed by atoms with Gasteiger partial charge in [-0.3, -0.25) is 10.5 Å². The Bertz CT molecular complexity index is 1190. The Labute approximate surface area is 159 Å². The first-order chi connectivity index (χ1) is 13.6. The molecule has 0 spiro atoms. The van der Waals surface area contributed by atoms with Gasteiger partial charge in [0.05, 0.1) is 5.56 Å². The number of ketones is 1. The summed E-state index contributed by atoms with van der Waals surface area (Å²) in [5, 5.41) is 15.7. The van der Waals surface area contributed by atoms with Crippen LogP contribution in [0.3, 0.4) is 0 Å². The van der Waals surface area contributed by atoms with Crippen molar-refractivity contribution >= 4 is 16.6 Å². The Hall–Kier alpha value is -3.78. The van der Waals surface area contributed by atoms with E-state index < -0.39 is 5.72 Å². The molecule has 1 unspecified atom stereocenters. The highest BCUT2D eigenvalue weighted by molar-refractivity contribution is 6.12. The number of carbonyl (C=O) groups excluding carboxylic acids is 1. The van der Waals surface area contributed by atoms with Gasteiger partial charge in [0, 0.05) is 5.56 Å². The van der Waals surface area contributed by atoms with Gasteiger partial charge in [-0.2, -0.15) is 5.21 Å². The number of nitrogens with two attached hydrogens (primary N) is 1. The lowest BCUT2D eigenvalue weighted by Gasteiger charge is -2.33. The van der Waals surface area contributed by atoms with Gasteiger partial charge in [-0.15, -0.1) is 10.2 Å². The summed E-state index contributed by atoms with van der Waals surface area (Å²) in [6.07, 6.45) is 0. The van der Waals surface area contributed by atoms with Crippen molar-refractivity contribution in [1.29, 1.82) is 0 Å². The predicted molar refractivity (Wildman–Crippen MR) is 100.0 cm³/mol. The van der Waals surface area contributed by atoms with Crippen LogP contribution in [0.2, 0.25) is 0 Å². The van der Waals surface area contributed by atoms with Crippen molar-refractivity contribution in [3.63, 3.8) is 0 Å². The molecule has 0 saturated heterocycles. The van der Waals surface area contributed by atoms with E-state index in [4.69, 9.17) is 15.2 Å². The van der Waals surface area contributed by atoms with Crippen LogP contribution in [0.1, 0.15) is 21.7 Å². The van der Waals surface area contributed by atoms with Gasteiger partial charge < -0.3 is 9.47 Å². The summed E-state index contributed by atoms with van der Waals surface area (Å²) in [5.41, 5.74) is 5.73. The number of benzene rings is 3. The molecule has 3 N–H and O–H groups in total. The fraction of sp³-hybridized carbons (Fsp3) is 0.100. The van der Waals surface area contributed by atoms with Crippen LogP contribution in [0.25, 0.3) is 10.8 Å². The van der Waals surface area contributed by atoms with Crippen LogP contribution < -0.4 is 15.2 Å². The fourth-order valence-electron chi connectivity index (χ4n) is 3.25. The SMILES string of the molecule is NC1(c2nn[nH]n2)COc2cccc(C(=O)c3ccc4ccccc4c3)c2O1. The van der Waals surface area contributed by atoms with Crippen molar-refractivity contribution in [2.45, 2.75) is 5.72 Å². The molecule has 2 heterocycles. The lowest BCUT2D eigenvalue weighted by molar-refractivity contribution is -0.0154. The van der Waals surface area contributed by atoms with E-state index in [1.165, 1.54) is 0 Å². The molecule has 8 heteroatoms. The molecule has 138 valence electrons. The van der Waals surface area contributed by atoms with E-state index in [1.54, 1.807) is 24.3 Å². The Morgan fingerprint density at radius 3 is 2.75 bits per heavy atom. The minimum absolute atomic E-state index is 0.00679. The van der Waals surface area contributed by atoms with Crippen molar-refractivity contribution < 1.29 is 14.3 Å². The molecular weight excluding hydrogens is 358 g/mol. The third-order valence-corrected chi connectivity index (χ3v) is 4.69. The van der Waals surface area contributed by atoms with E-state index in [1.807, 2.05) is 36.4 Å². The zero-order valence-electron chi connectivity index (χ0n) is 14.6. The largest absolute Gasteiger partial charge is 0.483 e. The van der Waals surface area contributed by atoms with Crippen LogP contribution in [0, 0.1) is 0 Å². The highest BCUT2D eigenvalue weighted by Gasteiger charge is 2.41. The average molecular weight is 373 g/mol. The molecule has 0 radical (unpaired) electrons. The summed E-state index contributed by atoms with van der Waals surface area (Å²) in [4.78, 5) is 13.2. The zero-order valence-corrected chi connectivity index (χ0v) is 14.6. The molecule has 5 rings (SSSR count). The number of hydrogen-bond donors (Lipinski definition) is 2. The second kappa shape index (κ2) is 6.14. The molecule has 1 aliphatic rings. The number of nitrogens with one attached hydrogen (secondary N) is 1. The predicted octanol–water partition coefficient (Wildman–Crippen LogP) is 2.17. The van der Waals surface area contributed by atoms with Crippen molar-refractivity contribution in [1.82, 2.24) is 20.6 Å². The number of ether oxygens (including phenoxy) is 2. The normalized spacial score (nSPS) is 18.2. The van der Waals surface area contributed by atoms with Gasteiger partial charge >= 0.3 is 0 Å². The summed E-state index contributed by atoms with van der Waals surface area (Å²) in [7, 11) is 0. The summed E-state index contributed by atoms with van der Waals surface area (Å²) in [6.45, 7) is -0.00679. The molecule has 0 amide bonds. The van der Waals surface area contributed by atoms with Crippen LogP contribution in [-0.4, -0.2) is 33.0 Å². The van der Waals surface area contributed by atoms with E-state index in [2.05, 4.69) is 20.6 Å². The molecule has 0 fully saturated rings. The Balaban J connectivity index is 1.57. The smallest absolute Gasteiger partial charge is 0.257 e. The number of rotatable bonds is 3. The number of aromatic amines is 1. The van der Waals surface area contributed by atoms with E-state index in [0.29, 0.717) is 16.9 Å². The molecule has 1 aromatic heterocycles. The molecular formula is C20H15N5O3. The molecule has 0 aliphatic carbocycles. The molecule has 0 saturated carbocycles. The number of para-hydroxylation sites is 1. The number of hydrogen-bond acceptors (Lipinski definition) is 7. The van der Waals surface area contributed by atoms with Gasteiger partial charge in [-0.25, -0.2) is 0 Å². The minimum atomic E-state index is -1.44. The third kappa shape index (κ3) is 2.58. The van der Waals surface area contributed by atoms with Crippen LogP contribution in [0.15, 0.2) is 60.7 Å². The molecule has 1 aliphatic heterocycles. The van der Waals surface area contributed by atoms with Crippen molar-refractivity contribution in [3.05, 3.63) is 77.6 Å². The van der Waals surface area contributed by atoms with Gasteiger partial charge in [0.25, 0.3) is 5.72 Å². The van der Waals surface area contributed by atoms with Crippen LogP contribution in [-0.2, 0) is 5.72 Å². The summed E-state index contributed by atoms with van der Waals surface area (Å²) in [6, 6.07) is 18.6. The number of nitrogens with zero attached hydrogens (tertiary/aromatic N) is 3. The first-order valence-corrected chi connectivity index (χ1v) is 8.65.